The molecule has 0 aromatic carbocycles. The van der Waals surface area contributed by atoms with Crippen LogP contribution in [-0.4, -0.2) is 48.8 Å². The Hall–Kier alpha value is -0.120. The van der Waals surface area contributed by atoms with Crippen molar-refractivity contribution in [2.24, 2.45) is 5.41 Å². The van der Waals surface area contributed by atoms with Crippen LogP contribution < -0.4 is 5.32 Å². The molecule has 0 radical (unpaired) electrons. The highest BCUT2D eigenvalue weighted by molar-refractivity contribution is 4.91. The third-order valence-corrected chi connectivity index (χ3v) is 4.35. The predicted molar refractivity (Wildman–Crippen MR) is 75.9 cm³/mol. The van der Waals surface area contributed by atoms with Crippen molar-refractivity contribution in [3.05, 3.63) is 0 Å². The van der Waals surface area contributed by atoms with Gasteiger partial charge in [0.15, 0.2) is 0 Å². The Balaban J connectivity index is 1.94. The van der Waals surface area contributed by atoms with Gasteiger partial charge in [0.25, 0.3) is 0 Å². The van der Waals surface area contributed by atoms with E-state index in [4.69, 9.17) is 4.74 Å². The molecule has 1 N–H and O–H groups in total. The van der Waals surface area contributed by atoms with E-state index in [2.05, 4.69) is 44.8 Å². The van der Waals surface area contributed by atoms with Crippen molar-refractivity contribution < 1.29 is 4.74 Å². The van der Waals surface area contributed by atoms with E-state index < -0.39 is 0 Å². The van der Waals surface area contributed by atoms with E-state index in [-0.39, 0.29) is 5.60 Å². The Labute approximate surface area is 112 Å². The molecule has 2 fully saturated rings. The monoisotopic (exact) mass is 254 g/mol. The van der Waals surface area contributed by atoms with Crippen LogP contribution >= 0.6 is 0 Å². The molecule has 106 valence electrons. The van der Waals surface area contributed by atoms with Crippen LogP contribution in [-0.2, 0) is 4.74 Å². The van der Waals surface area contributed by atoms with Gasteiger partial charge >= 0.3 is 0 Å². The molecule has 0 aliphatic carbocycles. The molecule has 2 atom stereocenters. The highest BCUT2D eigenvalue weighted by atomic mass is 16.5. The molecular weight excluding hydrogens is 224 g/mol. The molecule has 0 spiro atoms. The lowest BCUT2D eigenvalue weighted by molar-refractivity contribution is -0.0446. The molecule has 0 aromatic heterocycles. The van der Waals surface area contributed by atoms with Crippen molar-refractivity contribution in [1.29, 1.82) is 0 Å². The smallest absolute Gasteiger partial charge is 0.0710 e. The minimum atomic E-state index is 0.0932. The van der Waals surface area contributed by atoms with Crippen LogP contribution in [0.15, 0.2) is 0 Å². The fourth-order valence-corrected chi connectivity index (χ4v) is 3.29. The van der Waals surface area contributed by atoms with Crippen LogP contribution in [0, 0.1) is 5.41 Å². The lowest BCUT2D eigenvalue weighted by Gasteiger charge is -2.44. The molecule has 2 saturated heterocycles. The second-order valence-electron chi connectivity index (χ2n) is 7.62. The third-order valence-electron chi connectivity index (χ3n) is 4.35. The van der Waals surface area contributed by atoms with E-state index in [0.717, 1.165) is 26.2 Å². The molecule has 0 bridgehead atoms. The number of nitrogens with one attached hydrogen (secondary N) is 1. The van der Waals surface area contributed by atoms with Crippen molar-refractivity contribution in [2.45, 2.75) is 65.2 Å². The first kappa shape index (κ1) is 14.3. The van der Waals surface area contributed by atoms with E-state index in [9.17, 15) is 0 Å². The maximum Gasteiger partial charge on any atom is 0.0710 e. The molecule has 18 heavy (non-hydrogen) atoms. The fraction of sp³-hybridized carbons (Fsp3) is 1.00. The topological polar surface area (TPSA) is 24.5 Å². The Kier molecular flexibility index (Phi) is 4.05. The van der Waals surface area contributed by atoms with Crippen molar-refractivity contribution in [3.63, 3.8) is 0 Å². The lowest BCUT2D eigenvalue weighted by atomic mass is 9.84. The van der Waals surface area contributed by atoms with Crippen LogP contribution in [0.1, 0.15) is 47.5 Å². The van der Waals surface area contributed by atoms with E-state index in [0.29, 0.717) is 17.6 Å². The first-order valence-electron chi connectivity index (χ1n) is 7.40. The summed E-state index contributed by atoms with van der Waals surface area (Å²) >= 11 is 0. The summed E-state index contributed by atoms with van der Waals surface area (Å²) < 4.78 is 6.15. The van der Waals surface area contributed by atoms with E-state index in [1.54, 1.807) is 0 Å². The maximum atomic E-state index is 6.15. The zero-order valence-electron chi connectivity index (χ0n) is 12.8. The Morgan fingerprint density at radius 2 is 2.06 bits per heavy atom. The molecule has 2 aliphatic rings. The normalized spacial score (nSPS) is 33.8. The maximum absolute atomic E-state index is 6.15. The van der Waals surface area contributed by atoms with Gasteiger partial charge in [-0.05, 0) is 32.1 Å². The molecule has 2 aliphatic heterocycles. The SMILES string of the molecule is CC1(C)CCC(CN2CCNCC2C(C)(C)C)O1. The second kappa shape index (κ2) is 5.10. The van der Waals surface area contributed by atoms with Crippen LogP contribution in [0.3, 0.4) is 0 Å². The van der Waals surface area contributed by atoms with Gasteiger partial charge in [-0.15, -0.1) is 0 Å². The average Bonchev–Trinajstić information content (AvgIpc) is 2.57. The molecule has 2 rings (SSSR count). The minimum Gasteiger partial charge on any atom is -0.371 e. The first-order chi connectivity index (χ1) is 8.28. The summed E-state index contributed by atoms with van der Waals surface area (Å²) in [5.41, 5.74) is 0.428. The highest BCUT2D eigenvalue weighted by Crippen LogP contribution is 2.32. The zero-order valence-corrected chi connectivity index (χ0v) is 12.8. The average molecular weight is 254 g/mol. The van der Waals surface area contributed by atoms with Crippen molar-refractivity contribution in [1.82, 2.24) is 10.2 Å². The molecule has 2 unspecified atom stereocenters. The minimum absolute atomic E-state index is 0.0932. The van der Waals surface area contributed by atoms with Gasteiger partial charge in [-0.2, -0.15) is 0 Å². The molecule has 0 saturated carbocycles. The van der Waals surface area contributed by atoms with Gasteiger partial charge in [0, 0.05) is 32.2 Å². The van der Waals surface area contributed by atoms with Gasteiger partial charge in [-0.25, -0.2) is 0 Å². The van der Waals surface area contributed by atoms with Crippen LogP contribution in [0.25, 0.3) is 0 Å². The largest absolute Gasteiger partial charge is 0.371 e. The summed E-state index contributed by atoms with van der Waals surface area (Å²) in [5.74, 6) is 0. The van der Waals surface area contributed by atoms with Gasteiger partial charge in [0.1, 0.15) is 0 Å². The lowest BCUT2D eigenvalue weighted by Crippen LogP contribution is -2.58. The quantitative estimate of drug-likeness (QED) is 0.818. The summed E-state index contributed by atoms with van der Waals surface area (Å²) in [7, 11) is 0. The fourth-order valence-electron chi connectivity index (χ4n) is 3.29. The zero-order chi connectivity index (χ0) is 13.4. The van der Waals surface area contributed by atoms with E-state index >= 15 is 0 Å². The summed E-state index contributed by atoms with van der Waals surface area (Å²) in [6, 6.07) is 0.624. The Morgan fingerprint density at radius 1 is 1.33 bits per heavy atom. The standard InChI is InChI=1S/C15H30N2O/c1-14(2,3)13-10-16-8-9-17(13)11-12-6-7-15(4,5)18-12/h12-13,16H,6-11H2,1-5H3. The highest BCUT2D eigenvalue weighted by Gasteiger charge is 2.37. The first-order valence-corrected chi connectivity index (χ1v) is 7.40. The van der Waals surface area contributed by atoms with Gasteiger partial charge in [0.2, 0.25) is 0 Å². The van der Waals surface area contributed by atoms with Gasteiger partial charge in [0.05, 0.1) is 11.7 Å². The molecule has 0 aromatic rings. The summed E-state index contributed by atoms with van der Waals surface area (Å²) in [6.07, 6.45) is 2.85. The number of hydrogen-bond acceptors (Lipinski definition) is 3. The van der Waals surface area contributed by atoms with Crippen molar-refractivity contribution in [2.75, 3.05) is 26.2 Å². The van der Waals surface area contributed by atoms with Crippen molar-refractivity contribution in [3.8, 4) is 0 Å². The van der Waals surface area contributed by atoms with Crippen LogP contribution in [0.5, 0.6) is 0 Å². The van der Waals surface area contributed by atoms with Gasteiger partial charge in [-0.1, -0.05) is 20.8 Å². The number of piperazine rings is 1. The summed E-state index contributed by atoms with van der Waals surface area (Å²) in [4.78, 5) is 2.64. The van der Waals surface area contributed by atoms with Gasteiger partial charge in [-0.3, -0.25) is 4.90 Å². The van der Waals surface area contributed by atoms with Crippen LogP contribution in [0.4, 0.5) is 0 Å². The molecule has 0 amide bonds. The Bertz CT molecular complexity index is 283. The number of ether oxygens (including phenoxy) is 1. The molecule has 3 heteroatoms. The van der Waals surface area contributed by atoms with E-state index in [1.807, 2.05) is 0 Å². The number of rotatable bonds is 2. The number of nitrogens with zero attached hydrogens (tertiary/aromatic N) is 1. The third kappa shape index (κ3) is 3.46. The molecule has 3 nitrogen and oxygen atoms in total. The molecule has 2 heterocycles. The summed E-state index contributed by atoms with van der Waals surface area (Å²) in [5, 5.41) is 3.53. The number of hydrogen-bond donors (Lipinski definition) is 1. The van der Waals surface area contributed by atoms with Crippen LogP contribution in [0.2, 0.25) is 0 Å². The van der Waals surface area contributed by atoms with Crippen molar-refractivity contribution >= 4 is 0 Å². The predicted octanol–water partition coefficient (Wildman–Crippen LogP) is 2.26. The van der Waals surface area contributed by atoms with Gasteiger partial charge < -0.3 is 10.1 Å². The summed E-state index contributed by atoms with van der Waals surface area (Å²) in [6.45, 7) is 15.9. The Morgan fingerprint density at radius 3 is 2.61 bits per heavy atom. The van der Waals surface area contributed by atoms with E-state index in [1.165, 1.54) is 12.8 Å². The molecular formula is C15H30N2O. The second-order valence-corrected chi connectivity index (χ2v) is 7.62.